The second-order valence-electron chi connectivity index (χ2n) is 5.86. The van der Waals surface area contributed by atoms with Crippen molar-refractivity contribution < 1.29 is 18.0 Å². The molecular weight excluding hydrogens is 484 g/mol. The molecule has 5 nitrogen and oxygen atoms in total. The van der Waals surface area contributed by atoms with Gasteiger partial charge in [-0.25, -0.2) is 0 Å². The molecule has 2 rings (SSSR count). The number of amides is 1. The van der Waals surface area contributed by atoms with E-state index >= 15 is 0 Å². The van der Waals surface area contributed by atoms with Crippen LogP contribution in [0.3, 0.4) is 0 Å². The van der Waals surface area contributed by atoms with Crippen LogP contribution in [-0.2, 0) is 24.1 Å². The third-order valence-corrected chi connectivity index (χ3v) is 3.65. The summed E-state index contributed by atoms with van der Waals surface area (Å²) in [5.41, 5.74) is 1.43. The number of nitrogens with one attached hydrogen (secondary N) is 3. The fourth-order valence-electron chi connectivity index (χ4n) is 2.41. The van der Waals surface area contributed by atoms with Gasteiger partial charge in [-0.15, -0.1) is 24.0 Å². The van der Waals surface area contributed by atoms with Gasteiger partial charge in [-0.1, -0.05) is 24.3 Å². The molecule has 0 aliphatic carbocycles. The maximum Gasteiger partial charge on any atom is 0.416 e. The van der Waals surface area contributed by atoms with Gasteiger partial charge in [0, 0.05) is 32.7 Å². The maximum absolute atomic E-state index is 12.8. The monoisotopic (exact) mass is 506 g/mol. The van der Waals surface area contributed by atoms with Crippen molar-refractivity contribution in [1.82, 2.24) is 10.6 Å². The SMILES string of the molecule is CN=C(NCc1cccc(NC(C)=O)c1)NCc1cccc(C(F)(F)F)c1.I. The summed E-state index contributed by atoms with van der Waals surface area (Å²) in [6, 6.07) is 12.5. The Balaban J connectivity index is 0.00000392. The molecule has 0 fully saturated rings. The van der Waals surface area contributed by atoms with Crippen molar-refractivity contribution in [1.29, 1.82) is 0 Å². The van der Waals surface area contributed by atoms with E-state index in [1.165, 1.54) is 13.0 Å². The number of aliphatic imine (C=N–C) groups is 1. The van der Waals surface area contributed by atoms with Crippen LogP contribution in [0.4, 0.5) is 18.9 Å². The third-order valence-electron chi connectivity index (χ3n) is 3.65. The minimum absolute atomic E-state index is 0. The first-order valence-electron chi connectivity index (χ1n) is 8.25. The molecule has 0 saturated carbocycles. The van der Waals surface area contributed by atoms with E-state index in [0.717, 1.165) is 17.7 Å². The summed E-state index contributed by atoms with van der Waals surface area (Å²) in [6.45, 7) is 2.08. The lowest BCUT2D eigenvalue weighted by Gasteiger charge is -2.14. The summed E-state index contributed by atoms with van der Waals surface area (Å²) < 4.78 is 38.3. The number of rotatable bonds is 5. The summed E-state index contributed by atoms with van der Waals surface area (Å²) in [6.07, 6.45) is -4.37. The Hall–Kier alpha value is -2.30. The van der Waals surface area contributed by atoms with E-state index in [1.807, 2.05) is 18.2 Å². The second-order valence-corrected chi connectivity index (χ2v) is 5.86. The number of nitrogens with zero attached hydrogens (tertiary/aromatic N) is 1. The highest BCUT2D eigenvalue weighted by molar-refractivity contribution is 14.0. The first kappa shape index (κ1) is 23.7. The predicted molar refractivity (Wildman–Crippen MR) is 115 cm³/mol. The van der Waals surface area contributed by atoms with Gasteiger partial charge >= 0.3 is 6.18 Å². The van der Waals surface area contributed by atoms with Gasteiger partial charge in [-0.05, 0) is 35.4 Å². The van der Waals surface area contributed by atoms with Gasteiger partial charge < -0.3 is 16.0 Å². The molecule has 0 unspecified atom stereocenters. The summed E-state index contributed by atoms with van der Waals surface area (Å²) >= 11 is 0. The van der Waals surface area contributed by atoms with Gasteiger partial charge in [0.05, 0.1) is 5.56 Å². The second kappa shape index (κ2) is 10.9. The van der Waals surface area contributed by atoms with E-state index in [1.54, 1.807) is 19.2 Å². The van der Waals surface area contributed by atoms with E-state index in [0.29, 0.717) is 23.8 Å². The Morgan fingerprint density at radius 2 is 1.57 bits per heavy atom. The van der Waals surface area contributed by atoms with E-state index < -0.39 is 11.7 Å². The normalized spacial score (nSPS) is 11.4. The lowest BCUT2D eigenvalue weighted by atomic mass is 10.1. The molecule has 0 aromatic heterocycles. The van der Waals surface area contributed by atoms with Gasteiger partial charge in [-0.2, -0.15) is 13.2 Å². The molecule has 3 N–H and O–H groups in total. The summed E-state index contributed by atoms with van der Waals surface area (Å²) in [5, 5.41) is 8.77. The molecule has 152 valence electrons. The molecule has 1 amide bonds. The van der Waals surface area contributed by atoms with Gasteiger partial charge in [0.2, 0.25) is 5.91 Å². The van der Waals surface area contributed by atoms with E-state index in [2.05, 4.69) is 20.9 Å². The van der Waals surface area contributed by atoms with Crippen molar-refractivity contribution in [3.63, 3.8) is 0 Å². The molecular formula is C19H22F3IN4O. The predicted octanol–water partition coefficient (Wildman–Crippen LogP) is 4.15. The van der Waals surface area contributed by atoms with Crippen molar-refractivity contribution in [2.75, 3.05) is 12.4 Å². The fraction of sp³-hybridized carbons (Fsp3) is 0.263. The van der Waals surface area contributed by atoms with Crippen molar-refractivity contribution in [2.45, 2.75) is 26.2 Å². The quantitative estimate of drug-likeness (QED) is 0.325. The van der Waals surface area contributed by atoms with Gasteiger partial charge in [-0.3, -0.25) is 9.79 Å². The van der Waals surface area contributed by atoms with Crippen LogP contribution in [0, 0.1) is 0 Å². The van der Waals surface area contributed by atoms with Crippen molar-refractivity contribution in [3.8, 4) is 0 Å². The van der Waals surface area contributed by atoms with Gasteiger partial charge in [0.15, 0.2) is 5.96 Å². The Bertz CT molecular complexity index is 825. The lowest BCUT2D eigenvalue weighted by molar-refractivity contribution is -0.137. The molecule has 0 heterocycles. The number of halogens is 4. The highest BCUT2D eigenvalue weighted by Crippen LogP contribution is 2.29. The van der Waals surface area contributed by atoms with Crippen molar-refractivity contribution in [3.05, 3.63) is 65.2 Å². The minimum Gasteiger partial charge on any atom is -0.352 e. The first-order chi connectivity index (χ1) is 12.8. The molecule has 0 aliphatic heterocycles. The van der Waals surface area contributed by atoms with E-state index in [-0.39, 0.29) is 36.4 Å². The number of hydrogen-bond donors (Lipinski definition) is 3. The van der Waals surface area contributed by atoms with Crippen LogP contribution in [0.2, 0.25) is 0 Å². The molecule has 9 heteroatoms. The first-order valence-corrected chi connectivity index (χ1v) is 8.25. The Morgan fingerprint density at radius 3 is 2.11 bits per heavy atom. The van der Waals surface area contributed by atoms with Crippen LogP contribution >= 0.6 is 24.0 Å². The molecule has 2 aromatic carbocycles. The van der Waals surface area contributed by atoms with Gasteiger partial charge in [0.1, 0.15) is 0 Å². The Kier molecular flexibility index (Phi) is 9.23. The van der Waals surface area contributed by atoms with Crippen LogP contribution < -0.4 is 16.0 Å². The summed E-state index contributed by atoms with van der Waals surface area (Å²) in [4.78, 5) is 15.2. The molecule has 28 heavy (non-hydrogen) atoms. The largest absolute Gasteiger partial charge is 0.416 e. The molecule has 2 aromatic rings. The minimum atomic E-state index is -4.37. The average Bonchev–Trinajstić information content (AvgIpc) is 2.61. The molecule has 0 bridgehead atoms. The zero-order chi connectivity index (χ0) is 19.9. The van der Waals surface area contributed by atoms with Crippen LogP contribution in [0.5, 0.6) is 0 Å². The number of anilines is 1. The molecule has 0 saturated heterocycles. The summed E-state index contributed by atoms with van der Waals surface area (Å²) in [7, 11) is 1.58. The van der Waals surface area contributed by atoms with Crippen LogP contribution in [0.15, 0.2) is 53.5 Å². The number of hydrogen-bond acceptors (Lipinski definition) is 2. The van der Waals surface area contributed by atoms with Gasteiger partial charge in [0.25, 0.3) is 0 Å². The zero-order valence-electron chi connectivity index (χ0n) is 15.4. The number of carbonyl (C=O) groups excluding carboxylic acids is 1. The third kappa shape index (κ3) is 7.75. The van der Waals surface area contributed by atoms with Crippen molar-refractivity contribution in [2.24, 2.45) is 4.99 Å². The fourth-order valence-corrected chi connectivity index (χ4v) is 2.41. The van der Waals surface area contributed by atoms with Crippen LogP contribution in [0.25, 0.3) is 0 Å². The number of carbonyl (C=O) groups is 1. The highest BCUT2D eigenvalue weighted by Gasteiger charge is 2.30. The smallest absolute Gasteiger partial charge is 0.352 e. The molecule has 0 atom stereocenters. The lowest BCUT2D eigenvalue weighted by Crippen LogP contribution is -2.36. The van der Waals surface area contributed by atoms with Crippen LogP contribution in [-0.4, -0.2) is 18.9 Å². The highest BCUT2D eigenvalue weighted by atomic mass is 127. The summed E-state index contributed by atoms with van der Waals surface area (Å²) in [5.74, 6) is 0.302. The number of guanidine groups is 1. The maximum atomic E-state index is 12.8. The average molecular weight is 506 g/mol. The molecule has 0 radical (unpaired) electrons. The number of benzene rings is 2. The van der Waals surface area contributed by atoms with Crippen molar-refractivity contribution >= 4 is 41.5 Å². The Labute approximate surface area is 178 Å². The standard InChI is InChI=1S/C19H21F3N4O.HI/c1-13(27)26-17-8-4-6-15(10-17)12-25-18(23-2)24-11-14-5-3-7-16(9-14)19(20,21)22;/h3-10H,11-12H2,1-2H3,(H,26,27)(H2,23,24,25);1H. The van der Waals surface area contributed by atoms with Crippen LogP contribution in [0.1, 0.15) is 23.6 Å². The topological polar surface area (TPSA) is 65.5 Å². The van der Waals surface area contributed by atoms with E-state index in [9.17, 15) is 18.0 Å². The number of alkyl halides is 3. The zero-order valence-corrected chi connectivity index (χ0v) is 17.8. The Morgan fingerprint density at radius 1 is 1.00 bits per heavy atom. The van der Waals surface area contributed by atoms with E-state index in [4.69, 9.17) is 0 Å². The molecule has 0 spiro atoms. The molecule has 0 aliphatic rings.